The first-order chi connectivity index (χ1) is 8.41. The molecule has 1 aliphatic rings. The average Bonchev–Trinajstić information content (AvgIpc) is 2.29. The van der Waals surface area contributed by atoms with Crippen molar-refractivity contribution in [2.45, 2.75) is 23.1 Å². The minimum atomic E-state index is -3.51. The zero-order valence-electron chi connectivity index (χ0n) is 9.44. The minimum Gasteiger partial charge on any atom is -0.207 e. The molecule has 0 N–H and O–H groups in total. The maximum atomic E-state index is 12.4. The molecule has 0 unspecified atom stereocenters. The van der Waals surface area contributed by atoms with E-state index in [1.54, 1.807) is 12.1 Å². The molecule has 18 heavy (non-hydrogen) atoms. The molecule has 7 heteroatoms. The first-order valence-electron chi connectivity index (χ1n) is 5.50. The Balaban J connectivity index is 2.30. The quantitative estimate of drug-likeness (QED) is 0.745. The Hall–Kier alpha value is 0.190. The van der Waals surface area contributed by atoms with Crippen LogP contribution in [0.4, 0.5) is 0 Å². The lowest BCUT2D eigenvalue weighted by Crippen LogP contribution is -2.38. The summed E-state index contributed by atoms with van der Waals surface area (Å²) in [6, 6.07) is 4.78. The first kappa shape index (κ1) is 14.6. The molecule has 0 radical (unpaired) electrons. The summed E-state index contributed by atoms with van der Waals surface area (Å²) in [6.45, 7) is 0.895. The molecule has 1 aromatic carbocycles. The molecular weight excluding hydrogens is 361 g/mol. The van der Waals surface area contributed by atoms with Gasteiger partial charge >= 0.3 is 0 Å². The molecule has 0 bridgehead atoms. The molecule has 0 atom stereocenters. The van der Waals surface area contributed by atoms with Gasteiger partial charge in [0.2, 0.25) is 10.0 Å². The molecule has 0 saturated carbocycles. The average molecular weight is 373 g/mol. The zero-order valence-corrected chi connectivity index (χ0v) is 13.4. The van der Waals surface area contributed by atoms with E-state index in [1.807, 2.05) is 0 Å². The van der Waals surface area contributed by atoms with Crippen molar-refractivity contribution in [3.8, 4) is 0 Å². The number of rotatable bonds is 2. The van der Waals surface area contributed by atoms with Gasteiger partial charge in [0.1, 0.15) is 4.90 Å². The molecule has 3 nitrogen and oxygen atoms in total. The van der Waals surface area contributed by atoms with E-state index in [9.17, 15) is 8.42 Å². The SMILES string of the molecule is O=S(=O)(c1ccc(Br)cc1Cl)N1CCC(Cl)CC1. The van der Waals surface area contributed by atoms with Crippen molar-refractivity contribution in [1.82, 2.24) is 4.31 Å². The summed E-state index contributed by atoms with van der Waals surface area (Å²) in [5.74, 6) is 0. The fourth-order valence-corrected chi connectivity index (χ4v) is 4.56. The fourth-order valence-electron chi connectivity index (χ4n) is 1.89. The monoisotopic (exact) mass is 371 g/mol. The summed E-state index contributed by atoms with van der Waals surface area (Å²) in [5, 5.41) is 0.300. The third-order valence-corrected chi connectivity index (χ3v) is 6.21. The van der Waals surface area contributed by atoms with Gasteiger partial charge in [0.15, 0.2) is 0 Å². The van der Waals surface area contributed by atoms with Crippen LogP contribution in [0.15, 0.2) is 27.6 Å². The van der Waals surface area contributed by atoms with Crippen molar-refractivity contribution in [2.24, 2.45) is 0 Å². The second kappa shape index (κ2) is 5.67. The van der Waals surface area contributed by atoms with Crippen molar-refractivity contribution in [1.29, 1.82) is 0 Å². The van der Waals surface area contributed by atoms with Gasteiger partial charge in [-0.2, -0.15) is 4.31 Å². The fraction of sp³-hybridized carbons (Fsp3) is 0.455. The molecule has 0 amide bonds. The third kappa shape index (κ3) is 3.02. The maximum Gasteiger partial charge on any atom is 0.244 e. The highest BCUT2D eigenvalue weighted by Gasteiger charge is 2.30. The van der Waals surface area contributed by atoms with Gasteiger partial charge in [0, 0.05) is 22.9 Å². The Labute approximate surface area is 125 Å². The van der Waals surface area contributed by atoms with Crippen LogP contribution in [0.5, 0.6) is 0 Å². The third-order valence-electron chi connectivity index (χ3n) is 2.90. The van der Waals surface area contributed by atoms with Gasteiger partial charge in [-0.25, -0.2) is 8.42 Å². The standard InChI is InChI=1S/C11H12BrCl2NO2S/c12-8-1-2-11(10(14)7-8)18(16,17)15-5-3-9(13)4-6-15/h1-2,7,9H,3-6H2. The second-order valence-corrected chi connectivity index (χ2v) is 8.00. The predicted octanol–water partition coefficient (Wildman–Crippen LogP) is 3.49. The Morgan fingerprint density at radius 2 is 1.89 bits per heavy atom. The molecule has 0 spiro atoms. The van der Waals surface area contributed by atoms with E-state index in [0.29, 0.717) is 25.9 Å². The molecule has 1 aromatic rings. The number of sulfonamides is 1. The van der Waals surface area contributed by atoms with Gasteiger partial charge in [0.25, 0.3) is 0 Å². The van der Waals surface area contributed by atoms with Crippen molar-refractivity contribution >= 4 is 49.2 Å². The summed E-state index contributed by atoms with van der Waals surface area (Å²) in [4.78, 5) is 0.153. The summed E-state index contributed by atoms with van der Waals surface area (Å²) in [6.07, 6.45) is 1.35. The van der Waals surface area contributed by atoms with Gasteiger partial charge < -0.3 is 0 Å². The van der Waals surface area contributed by atoms with E-state index in [1.165, 1.54) is 10.4 Å². The number of piperidine rings is 1. The van der Waals surface area contributed by atoms with E-state index in [-0.39, 0.29) is 15.3 Å². The maximum absolute atomic E-state index is 12.4. The Morgan fingerprint density at radius 1 is 1.28 bits per heavy atom. The van der Waals surface area contributed by atoms with E-state index >= 15 is 0 Å². The van der Waals surface area contributed by atoms with Crippen LogP contribution in [-0.4, -0.2) is 31.2 Å². The summed E-state index contributed by atoms with van der Waals surface area (Å²) < 4.78 is 27.0. The van der Waals surface area contributed by atoms with Crippen LogP contribution in [0.2, 0.25) is 5.02 Å². The second-order valence-electron chi connectivity index (χ2n) is 4.15. The van der Waals surface area contributed by atoms with Crippen LogP contribution in [-0.2, 0) is 10.0 Å². The predicted molar refractivity (Wildman–Crippen MR) is 76.8 cm³/mol. The van der Waals surface area contributed by atoms with Crippen molar-refractivity contribution in [2.75, 3.05) is 13.1 Å². The Bertz CT molecular complexity index is 542. The summed E-state index contributed by atoms with van der Waals surface area (Å²) in [5.41, 5.74) is 0. The lowest BCUT2D eigenvalue weighted by molar-refractivity contribution is 0.350. The van der Waals surface area contributed by atoms with Gasteiger partial charge in [0.05, 0.1) is 5.02 Å². The van der Waals surface area contributed by atoms with Crippen LogP contribution < -0.4 is 0 Å². The number of hydrogen-bond donors (Lipinski definition) is 0. The van der Waals surface area contributed by atoms with E-state index in [2.05, 4.69) is 15.9 Å². The van der Waals surface area contributed by atoms with Crippen molar-refractivity contribution < 1.29 is 8.42 Å². The van der Waals surface area contributed by atoms with Crippen LogP contribution in [0, 0.1) is 0 Å². The molecule has 100 valence electrons. The van der Waals surface area contributed by atoms with Crippen LogP contribution >= 0.6 is 39.1 Å². The van der Waals surface area contributed by atoms with Crippen LogP contribution in [0.1, 0.15) is 12.8 Å². The lowest BCUT2D eigenvalue weighted by Gasteiger charge is -2.28. The topological polar surface area (TPSA) is 37.4 Å². The molecule has 1 saturated heterocycles. The highest BCUT2D eigenvalue weighted by atomic mass is 79.9. The normalized spacial score (nSPS) is 19.1. The number of nitrogens with zero attached hydrogens (tertiary/aromatic N) is 1. The first-order valence-corrected chi connectivity index (χ1v) is 8.55. The summed E-state index contributed by atoms with van der Waals surface area (Å²) >= 11 is 15.2. The van der Waals surface area contributed by atoms with Crippen LogP contribution in [0.3, 0.4) is 0 Å². The molecule has 1 fully saturated rings. The largest absolute Gasteiger partial charge is 0.244 e. The zero-order chi connectivity index (χ0) is 13.3. The molecule has 1 heterocycles. The van der Waals surface area contributed by atoms with Gasteiger partial charge in [-0.15, -0.1) is 11.6 Å². The van der Waals surface area contributed by atoms with Gasteiger partial charge in [-0.05, 0) is 31.0 Å². The highest BCUT2D eigenvalue weighted by Crippen LogP contribution is 2.29. The minimum absolute atomic E-state index is 0.0665. The lowest BCUT2D eigenvalue weighted by atomic mass is 10.2. The van der Waals surface area contributed by atoms with Gasteiger partial charge in [-0.3, -0.25) is 0 Å². The van der Waals surface area contributed by atoms with E-state index < -0.39 is 10.0 Å². The van der Waals surface area contributed by atoms with E-state index in [0.717, 1.165) is 4.47 Å². The molecule has 0 aliphatic carbocycles. The number of hydrogen-bond acceptors (Lipinski definition) is 2. The Kier molecular flexibility index (Phi) is 4.60. The summed E-state index contributed by atoms with van der Waals surface area (Å²) in [7, 11) is -3.51. The highest BCUT2D eigenvalue weighted by molar-refractivity contribution is 9.10. The molecule has 2 rings (SSSR count). The molecule has 1 aliphatic heterocycles. The molecule has 0 aromatic heterocycles. The number of benzene rings is 1. The Morgan fingerprint density at radius 3 is 2.44 bits per heavy atom. The van der Waals surface area contributed by atoms with Crippen LogP contribution in [0.25, 0.3) is 0 Å². The van der Waals surface area contributed by atoms with Crippen molar-refractivity contribution in [3.05, 3.63) is 27.7 Å². The van der Waals surface area contributed by atoms with Gasteiger partial charge in [-0.1, -0.05) is 27.5 Å². The number of halogens is 3. The van der Waals surface area contributed by atoms with E-state index in [4.69, 9.17) is 23.2 Å². The number of alkyl halides is 1. The smallest absolute Gasteiger partial charge is 0.207 e. The van der Waals surface area contributed by atoms with Crippen molar-refractivity contribution in [3.63, 3.8) is 0 Å². The molecular formula is C11H12BrCl2NO2S.